The molecule has 4 rings (SSSR count). The fourth-order valence-corrected chi connectivity index (χ4v) is 2.66. The lowest BCUT2D eigenvalue weighted by Crippen LogP contribution is -2.18. The van der Waals surface area contributed by atoms with E-state index in [0.29, 0.717) is 5.82 Å². The number of aromatic nitrogens is 4. The zero-order valence-electron chi connectivity index (χ0n) is 14.7. The van der Waals surface area contributed by atoms with Crippen LogP contribution in [0.3, 0.4) is 0 Å². The van der Waals surface area contributed by atoms with Gasteiger partial charge in [-0.1, -0.05) is 42.5 Å². The van der Waals surface area contributed by atoms with Gasteiger partial charge in [0.2, 0.25) is 0 Å². The first-order chi connectivity index (χ1) is 13.9. The van der Waals surface area contributed by atoms with Crippen molar-refractivity contribution in [2.45, 2.75) is 13.0 Å². The maximum Gasteiger partial charge on any atom is 0.573 e. The lowest BCUT2D eigenvalue weighted by atomic mass is 10.2. The number of nitrogens with one attached hydrogen (secondary N) is 1. The van der Waals surface area contributed by atoms with Crippen LogP contribution in [0.5, 0.6) is 11.5 Å². The van der Waals surface area contributed by atoms with Gasteiger partial charge in [0.25, 0.3) is 11.3 Å². The van der Waals surface area contributed by atoms with Crippen LogP contribution in [0.1, 0.15) is 5.69 Å². The molecular formula is C19H13F3N4O3. The van der Waals surface area contributed by atoms with E-state index in [1.165, 1.54) is 28.8 Å². The molecule has 2 heterocycles. The Kier molecular flexibility index (Phi) is 4.67. The fourth-order valence-electron chi connectivity index (χ4n) is 2.66. The zero-order chi connectivity index (χ0) is 20.4. The fraction of sp³-hybridized carbons (Fsp3) is 0.105. The van der Waals surface area contributed by atoms with Crippen LogP contribution in [-0.4, -0.2) is 25.9 Å². The first-order valence-electron chi connectivity index (χ1n) is 8.41. The maximum absolute atomic E-state index is 12.5. The van der Waals surface area contributed by atoms with Gasteiger partial charge in [0.05, 0.1) is 5.69 Å². The van der Waals surface area contributed by atoms with Crippen molar-refractivity contribution in [3.8, 4) is 22.9 Å². The summed E-state index contributed by atoms with van der Waals surface area (Å²) >= 11 is 0. The number of ether oxygens (including phenoxy) is 2. The molecule has 4 aromatic rings. The Balaban J connectivity index is 1.59. The Morgan fingerprint density at radius 3 is 2.38 bits per heavy atom. The number of hydrogen-bond acceptors (Lipinski definition) is 5. The zero-order valence-corrected chi connectivity index (χ0v) is 14.7. The predicted octanol–water partition coefficient (Wildman–Crippen LogP) is 3.56. The van der Waals surface area contributed by atoms with Crippen molar-refractivity contribution in [2.75, 3.05) is 0 Å². The molecule has 0 saturated heterocycles. The maximum atomic E-state index is 12.5. The molecule has 0 aliphatic rings. The number of alkyl halides is 3. The molecule has 0 atom stereocenters. The Morgan fingerprint density at radius 1 is 0.966 bits per heavy atom. The summed E-state index contributed by atoms with van der Waals surface area (Å²) in [7, 11) is 0. The second-order valence-corrected chi connectivity index (χ2v) is 5.94. The van der Waals surface area contributed by atoms with E-state index >= 15 is 0 Å². The van der Waals surface area contributed by atoms with Crippen molar-refractivity contribution >= 4 is 5.78 Å². The van der Waals surface area contributed by atoms with Gasteiger partial charge in [0, 0.05) is 11.6 Å². The minimum absolute atomic E-state index is 0.120. The molecule has 1 N–H and O–H groups in total. The minimum atomic E-state index is -4.85. The highest BCUT2D eigenvalue weighted by Crippen LogP contribution is 2.32. The molecule has 148 valence electrons. The molecule has 0 bridgehead atoms. The normalized spacial score (nSPS) is 11.6. The lowest BCUT2D eigenvalue weighted by molar-refractivity contribution is -0.275. The summed E-state index contributed by atoms with van der Waals surface area (Å²) in [5.41, 5.74) is 0.555. The predicted molar refractivity (Wildman–Crippen MR) is 96.5 cm³/mol. The molecule has 0 unspecified atom stereocenters. The van der Waals surface area contributed by atoms with Crippen LogP contribution in [0.25, 0.3) is 17.2 Å². The summed E-state index contributed by atoms with van der Waals surface area (Å²) in [5, 5.41) is 2.86. The molecule has 2 aromatic heterocycles. The number of hydrogen-bond donors (Lipinski definition) is 1. The minimum Gasteiger partial charge on any atom is -0.483 e. The average molecular weight is 402 g/mol. The van der Waals surface area contributed by atoms with Gasteiger partial charge in [-0.2, -0.15) is 9.50 Å². The van der Waals surface area contributed by atoms with Crippen molar-refractivity contribution in [2.24, 2.45) is 0 Å². The number of fused-ring (bicyclic) bond motifs is 1. The second-order valence-electron chi connectivity index (χ2n) is 5.94. The van der Waals surface area contributed by atoms with Gasteiger partial charge in [0.15, 0.2) is 17.3 Å². The number of para-hydroxylation sites is 2. The Morgan fingerprint density at radius 2 is 1.66 bits per heavy atom. The van der Waals surface area contributed by atoms with Crippen LogP contribution < -0.4 is 15.0 Å². The SMILES string of the molecule is O=c1cc(COc2ccccc2OC(F)(F)F)nc2nc(-c3ccccc3)[nH]n12. The van der Waals surface area contributed by atoms with Crippen LogP contribution in [0, 0.1) is 0 Å². The lowest BCUT2D eigenvalue weighted by Gasteiger charge is -2.13. The highest BCUT2D eigenvalue weighted by Gasteiger charge is 2.32. The molecule has 2 aromatic carbocycles. The highest BCUT2D eigenvalue weighted by atomic mass is 19.4. The Bertz CT molecular complexity index is 1200. The Labute approximate surface area is 161 Å². The number of nitrogens with zero attached hydrogens (tertiary/aromatic N) is 3. The average Bonchev–Trinajstić information content (AvgIpc) is 3.12. The quantitative estimate of drug-likeness (QED) is 0.552. The van der Waals surface area contributed by atoms with Crippen molar-refractivity contribution in [1.82, 2.24) is 19.6 Å². The van der Waals surface area contributed by atoms with Crippen LogP contribution >= 0.6 is 0 Å². The summed E-state index contributed by atoms with van der Waals surface area (Å²) in [6.07, 6.45) is -4.85. The number of benzene rings is 2. The standard InChI is InChI=1S/C19H13F3N4O3/c20-19(21,22)29-15-9-5-4-8-14(15)28-11-13-10-16(27)26-18(23-13)24-17(25-26)12-6-2-1-3-7-12/h1-10H,11H2,(H,23,24,25). The first kappa shape index (κ1) is 18.5. The van der Waals surface area contributed by atoms with Crippen LogP contribution in [0.2, 0.25) is 0 Å². The first-order valence-corrected chi connectivity index (χ1v) is 8.41. The molecule has 0 aliphatic heterocycles. The van der Waals surface area contributed by atoms with E-state index in [9.17, 15) is 18.0 Å². The second kappa shape index (κ2) is 7.30. The third-order valence-electron chi connectivity index (χ3n) is 3.88. The number of halogens is 3. The number of H-pyrrole nitrogens is 1. The summed E-state index contributed by atoms with van der Waals surface area (Å²) in [4.78, 5) is 20.9. The van der Waals surface area contributed by atoms with Gasteiger partial charge in [-0.05, 0) is 12.1 Å². The van der Waals surface area contributed by atoms with E-state index in [0.717, 1.165) is 11.6 Å². The van der Waals surface area contributed by atoms with Gasteiger partial charge in [0.1, 0.15) is 6.61 Å². The molecule has 0 amide bonds. The molecule has 0 radical (unpaired) electrons. The van der Waals surface area contributed by atoms with Crippen molar-refractivity contribution in [3.05, 3.63) is 76.7 Å². The monoisotopic (exact) mass is 402 g/mol. The van der Waals surface area contributed by atoms with Crippen molar-refractivity contribution in [1.29, 1.82) is 0 Å². The van der Waals surface area contributed by atoms with E-state index < -0.39 is 17.7 Å². The Hall–Kier alpha value is -3.82. The molecule has 0 spiro atoms. The molecular weight excluding hydrogens is 389 g/mol. The summed E-state index contributed by atoms with van der Waals surface area (Å²) in [6.45, 7) is -0.239. The largest absolute Gasteiger partial charge is 0.573 e. The van der Waals surface area contributed by atoms with Gasteiger partial charge >= 0.3 is 6.36 Å². The van der Waals surface area contributed by atoms with Gasteiger partial charge in [-0.25, -0.2) is 4.98 Å². The summed E-state index contributed by atoms with van der Waals surface area (Å²) in [6, 6.07) is 15.7. The van der Waals surface area contributed by atoms with Crippen LogP contribution in [0.4, 0.5) is 13.2 Å². The molecule has 10 heteroatoms. The van der Waals surface area contributed by atoms with Crippen LogP contribution in [0.15, 0.2) is 65.5 Å². The van der Waals surface area contributed by atoms with Gasteiger partial charge in [-0.15, -0.1) is 13.2 Å². The van der Waals surface area contributed by atoms with Crippen LogP contribution in [-0.2, 0) is 6.61 Å². The third-order valence-corrected chi connectivity index (χ3v) is 3.88. The summed E-state index contributed by atoms with van der Waals surface area (Å²) < 4.78 is 48.0. The molecule has 0 saturated carbocycles. The van der Waals surface area contributed by atoms with Gasteiger partial charge in [-0.3, -0.25) is 9.89 Å². The van der Waals surface area contributed by atoms with E-state index in [4.69, 9.17) is 4.74 Å². The van der Waals surface area contributed by atoms with Crippen molar-refractivity contribution < 1.29 is 22.6 Å². The molecule has 0 fully saturated rings. The number of aromatic amines is 1. The van der Waals surface area contributed by atoms with E-state index in [-0.39, 0.29) is 23.8 Å². The van der Waals surface area contributed by atoms with E-state index in [1.54, 1.807) is 0 Å². The van der Waals surface area contributed by atoms with Crippen molar-refractivity contribution in [3.63, 3.8) is 0 Å². The third kappa shape index (κ3) is 4.21. The van der Waals surface area contributed by atoms with Gasteiger partial charge < -0.3 is 9.47 Å². The number of rotatable bonds is 5. The summed E-state index contributed by atoms with van der Waals surface area (Å²) in [5.74, 6) is -0.0327. The highest BCUT2D eigenvalue weighted by molar-refractivity contribution is 5.56. The molecule has 29 heavy (non-hydrogen) atoms. The van der Waals surface area contributed by atoms with E-state index in [2.05, 4.69) is 19.8 Å². The smallest absolute Gasteiger partial charge is 0.483 e. The molecule has 7 nitrogen and oxygen atoms in total. The topological polar surface area (TPSA) is 81.5 Å². The molecule has 0 aliphatic carbocycles. The van der Waals surface area contributed by atoms with E-state index in [1.807, 2.05) is 30.3 Å².